The molecule has 20 heavy (non-hydrogen) atoms. The van der Waals surface area contributed by atoms with E-state index < -0.39 is 18.3 Å². The molecule has 0 saturated carbocycles. The number of rotatable bonds is 1. The summed E-state index contributed by atoms with van der Waals surface area (Å²) in [5, 5.41) is 9.06. The Hall–Kier alpha value is -1.58. The molecule has 0 amide bonds. The van der Waals surface area contributed by atoms with Crippen molar-refractivity contribution in [1.29, 1.82) is 5.26 Å². The fourth-order valence-corrected chi connectivity index (χ4v) is 2.14. The molecule has 106 valence electrons. The summed E-state index contributed by atoms with van der Waals surface area (Å²) in [5.74, 6) is 0. The molecule has 0 bridgehead atoms. The van der Waals surface area contributed by atoms with E-state index in [4.69, 9.17) is 14.6 Å². The quantitative estimate of drug-likeness (QED) is 0.713. The van der Waals surface area contributed by atoms with Crippen molar-refractivity contribution in [2.45, 2.75) is 45.8 Å². The van der Waals surface area contributed by atoms with Gasteiger partial charge in [-0.25, -0.2) is 0 Å². The predicted octanol–water partition coefficient (Wildman–Crippen LogP) is 0.865. The van der Waals surface area contributed by atoms with Gasteiger partial charge in [0.1, 0.15) is 11.6 Å². The van der Waals surface area contributed by atoms with Crippen molar-refractivity contribution in [2.24, 2.45) is 7.05 Å². The second-order valence-corrected chi connectivity index (χ2v) is 6.16. The molecule has 1 aromatic rings. The zero-order chi connectivity index (χ0) is 15.3. The number of hydrogen-bond donors (Lipinski definition) is 0. The molecule has 0 unspecified atom stereocenters. The molecule has 1 aliphatic rings. The van der Waals surface area contributed by atoms with Crippen LogP contribution in [0.15, 0.2) is 10.9 Å². The van der Waals surface area contributed by atoms with Gasteiger partial charge in [-0.05, 0) is 40.7 Å². The van der Waals surface area contributed by atoms with Crippen LogP contribution >= 0.6 is 0 Å². The lowest BCUT2D eigenvalue weighted by atomic mass is 9.77. The molecule has 0 N–H and O–H groups in total. The van der Waals surface area contributed by atoms with E-state index in [1.54, 1.807) is 13.1 Å². The minimum atomic E-state index is -0.570. The molecule has 0 aromatic carbocycles. The summed E-state index contributed by atoms with van der Waals surface area (Å²) in [5.41, 5.74) is 0.361. The number of pyridine rings is 1. The minimum Gasteiger partial charge on any atom is -0.399 e. The molecule has 0 aliphatic carbocycles. The third kappa shape index (κ3) is 2.07. The summed E-state index contributed by atoms with van der Waals surface area (Å²) >= 11 is 0. The molecule has 0 radical (unpaired) electrons. The van der Waals surface area contributed by atoms with Crippen molar-refractivity contribution in [3.8, 4) is 6.07 Å². The Morgan fingerprint density at radius 2 is 1.75 bits per heavy atom. The third-order valence-electron chi connectivity index (χ3n) is 4.38. The molecule has 5 nitrogen and oxygen atoms in total. The highest BCUT2D eigenvalue weighted by Gasteiger charge is 2.52. The van der Waals surface area contributed by atoms with Crippen molar-refractivity contribution in [3.63, 3.8) is 0 Å². The van der Waals surface area contributed by atoms with Crippen LogP contribution in [0.1, 0.15) is 39.0 Å². The highest BCUT2D eigenvalue weighted by Crippen LogP contribution is 2.36. The van der Waals surface area contributed by atoms with Crippen LogP contribution in [0.3, 0.4) is 0 Å². The lowest BCUT2D eigenvalue weighted by Gasteiger charge is -2.32. The van der Waals surface area contributed by atoms with Crippen molar-refractivity contribution >= 4 is 12.6 Å². The van der Waals surface area contributed by atoms with Crippen LogP contribution in [-0.4, -0.2) is 22.9 Å². The van der Waals surface area contributed by atoms with Gasteiger partial charge >= 0.3 is 7.12 Å². The molecular formula is C14H19BN2O3. The maximum Gasteiger partial charge on any atom is 0.496 e. The number of nitrogens with zero attached hydrogens (tertiary/aromatic N) is 2. The zero-order valence-electron chi connectivity index (χ0n) is 12.8. The first-order valence-corrected chi connectivity index (χ1v) is 6.57. The first kappa shape index (κ1) is 14.8. The Morgan fingerprint density at radius 3 is 2.20 bits per heavy atom. The summed E-state index contributed by atoms with van der Waals surface area (Å²) in [6.07, 6.45) is 0. The molecule has 2 rings (SSSR count). The lowest BCUT2D eigenvalue weighted by Crippen LogP contribution is -2.41. The summed E-state index contributed by atoms with van der Waals surface area (Å²) in [4.78, 5) is 11.9. The standard InChI is InChI=1S/C14H19BN2O3/c1-9-11(7-10(8-16)12(18)17(9)6)15-19-13(2,3)14(4,5)20-15/h7H,1-6H3. The van der Waals surface area contributed by atoms with Gasteiger partial charge in [-0.2, -0.15) is 5.26 Å². The summed E-state index contributed by atoms with van der Waals surface area (Å²) in [6, 6.07) is 3.49. The molecule has 1 fully saturated rings. The summed E-state index contributed by atoms with van der Waals surface area (Å²) in [6.45, 7) is 9.69. The van der Waals surface area contributed by atoms with Crippen molar-refractivity contribution in [1.82, 2.24) is 4.57 Å². The van der Waals surface area contributed by atoms with Crippen molar-refractivity contribution in [2.75, 3.05) is 0 Å². The Labute approximate surface area is 119 Å². The van der Waals surface area contributed by atoms with Gasteiger partial charge in [-0.15, -0.1) is 0 Å². The first-order valence-electron chi connectivity index (χ1n) is 6.57. The average molecular weight is 274 g/mol. The lowest BCUT2D eigenvalue weighted by molar-refractivity contribution is 0.00578. The van der Waals surface area contributed by atoms with Gasteiger partial charge in [0.15, 0.2) is 0 Å². The number of nitriles is 1. The summed E-state index contributed by atoms with van der Waals surface area (Å²) in [7, 11) is 1.08. The molecule has 2 heterocycles. The average Bonchev–Trinajstić information content (AvgIpc) is 2.56. The van der Waals surface area contributed by atoms with E-state index in [2.05, 4.69) is 0 Å². The van der Waals surface area contributed by atoms with Crippen LogP contribution in [0.2, 0.25) is 0 Å². The molecule has 1 aliphatic heterocycles. The van der Waals surface area contributed by atoms with Crippen LogP contribution in [0, 0.1) is 18.3 Å². The fraction of sp³-hybridized carbons (Fsp3) is 0.571. The van der Waals surface area contributed by atoms with Crippen molar-refractivity contribution < 1.29 is 9.31 Å². The van der Waals surface area contributed by atoms with Crippen LogP contribution in [-0.2, 0) is 16.4 Å². The molecule has 0 atom stereocenters. The Balaban J connectivity index is 2.54. The molecule has 1 saturated heterocycles. The van der Waals surface area contributed by atoms with Gasteiger partial charge in [0.2, 0.25) is 0 Å². The largest absolute Gasteiger partial charge is 0.496 e. The van der Waals surface area contributed by atoms with Gasteiger partial charge in [-0.1, -0.05) is 0 Å². The molecule has 0 spiro atoms. The monoisotopic (exact) mass is 274 g/mol. The maximum atomic E-state index is 11.9. The highest BCUT2D eigenvalue weighted by atomic mass is 16.7. The van der Waals surface area contributed by atoms with E-state index in [-0.39, 0.29) is 11.1 Å². The first-order chi connectivity index (χ1) is 9.10. The van der Waals surface area contributed by atoms with E-state index in [0.29, 0.717) is 0 Å². The van der Waals surface area contributed by atoms with Crippen LogP contribution in [0.25, 0.3) is 0 Å². The normalized spacial score (nSPS) is 19.9. The Morgan fingerprint density at radius 1 is 1.25 bits per heavy atom. The minimum absolute atomic E-state index is 0.0998. The smallest absolute Gasteiger partial charge is 0.399 e. The fourth-order valence-electron chi connectivity index (χ4n) is 2.14. The van der Waals surface area contributed by atoms with Gasteiger partial charge in [0.25, 0.3) is 5.56 Å². The van der Waals surface area contributed by atoms with Crippen LogP contribution < -0.4 is 11.0 Å². The van der Waals surface area contributed by atoms with Gasteiger partial charge in [-0.3, -0.25) is 4.79 Å². The molecule has 1 aromatic heterocycles. The van der Waals surface area contributed by atoms with E-state index in [1.165, 1.54) is 4.57 Å². The van der Waals surface area contributed by atoms with Crippen LogP contribution in [0.5, 0.6) is 0 Å². The maximum absolute atomic E-state index is 11.9. The number of aromatic nitrogens is 1. The molecular weight excluding hydrogens is 255 g/mol. The molecule has 6 heteroatoms. The third-order valence-corrected chi connectivity index (χ3v) is 4.38. The van der Waals surface area contributed by atoms with Crippen molar-refractivity contribution in [3.05, 3.63) is 27.7 Å². The number of hydrogen-bond acceptors (Lipinski definition) is 4. The zero-order valence-corrected chi connectivity index (χ0v) is 12.8. The summed E-state index contributed by atoms with van der Waals surface area (Å²) < 4.78 is 13.4. The topological polar surface area (TPSA) is 64.2 Å². The van der Waals surface area contributed by atoms with E-state index in [0.717, 1.165) is 11.2 Å². The highest BCUT2D eigenvalue weighted by molar-refractivity contribution is 6.62. The van der Waals surface area contributed by atoms with Gasteiger partial charge < -0.3 is 13.9 Å². The van der Waals surface area contributed by atoms with Crippen LogP contribution in [0.4, 0.5) is 0 Å². The second kappa shape index (κ2) is 4.47. The van der Waals surface area contributed by atoms with E-state index >= 15 is 0 Å². The Bertz CT molecular complexity index is 640. The Kier molecular flexibility index (Phi) is 3.31. The van der Waals surface area contributed by atoms with Gasteiger partial charge in [0.05, 0.1) is 11.2 Å². The predicted molar refractivity (Wildman–Crippen MR) is 76.9 cm³/mol. The van der Waals surface area contributed by atoms with E-state index in [1.807, 2.05) is 40.7 Å². The SMILES string of the molecule is Cc1c(B2OC(C)(C)C(C)(C)O2)cc(C#N)c(=O)n1C. The van der Waals surface area contributed by atoms with Gasteiger partial charge in [0, 0.05) is 18.2 Å². The second-order valence-electron chi connectivity index (χ2n) is 6.16. The van der Waals surface area contributed by atoms with E-state index in [9.17, 15) is 4.79 Å².